The highest BCUT2D eigenvalue weighted by atomic mass is 16.1. The molecule has 2 rings (SSSR count). The van der Waals surface area contributed by atoms with Crippen molar-refractivity contribution in [1.29, 1.82) is 0 Å². The van der Waals surface area contributed by atoms with Crippen molar-refractivity contribution in [3.05, 3.63) is 35.9 Å². The Morgan fingerprint density at radius 1 is 1.16 bits per heavy atom. The van der Waals surface area contributed by atoms with E-state index in [1.54, 1.807) is 0 Å². The van der Waals surface area contributed by atoms with Crippen LogP contribution in [0.2, 0.25) is 0 Å². The van der Waals surface area contributed by atoms with Gasteiger partial charge >= 0.3 is 0 Å². The van der Waals surface area contributed by atoms with E-state index in [2.05, 4.69) is 13.8 Å². The van der Waals surface area contributed by atoms with E-state index in [0.29, 0.717) is 24.2 Å². The molecule has 0 aromatic heterocycles. The van der Waals surface area contributed by atoms with Gasteiger partial charge in [-0.2, -0.15) is 0 Å². The molecule has 1 saturated carbocycles. The molecule has 1 aromatic rings. The van der Waals surface area contributed by atoms with Gasteiger partial charge in [-0.15, -0.1) is 0 Å². The van der Waals surface area contributed by atoms with Crippen molar-refractivity contribution in [2.24, 2.45) is 23.5 Å². The lowest BCUT2D eigenvalue weighted by Gasteiger charge is -2.32. The van der Waals surface area contributed by atoms with Gasteiger partial charge in [0.1, 0.15) is 5.78 Å². The molecule has 19 heavy (non-hydrogen) atoms. The van der Waals surface area contributed by atoms with Crippen molar-refractivity contribution in [2.45, 2.75) is 39.0 Å². The van der Waals surface area contributed by atoms with Gasteiger partial charge in [-0.1, -0.05) is 44.2 Å². The Bertz CT molecular complexity index is 405. The van der Waals surface area contributed by atoms with Crippen molar-refractivity contribution < 1.29 is 4.79 Å². The lowest BCUT2D eigenvalue weighted by atomic mass is 9.72. The van der Waals surface area contributed by atoms with Crippen LogP contribution >= 0.6 is 0 Å². The summed E-state index contributed by atoms with van der Waals surface area (Å²) in [5.74, 6) is 1.75. The molecule has 2 nitrogen and oxygen atoms in total. The molecular weight excluding hydrogens is 234 g/mol. The third-order valence-corrected chi connectivity index (χ3v) is 4.36. The summed E-state index contributed by atoms with van der Waals surface area (Å²) in [4.78, 5) is 12.7. The molecule has 0 amide bonds. The molecule has 1 fully saturated rings. The second-order valence-electron chi connectivity index (χ2n) is 6.22. The van der Waals surface area contributed by atoms with Gasteiger partial charge in [-0.3, -0.25) is 4.79 Å². The summed E-state index contributed by atoms with van der Waals surface area (Å²) in [5.41, 5.74) is 6.93. The second kappa shape index (κ2) is 6.33. The van der Waals surface area contributed by atoms with Crippen LogP contribution in [0.15, 0.2) is 30.3 Å². The van der Waals surface area contributed by atoms with E-state index in [0.717, 1.165) is 18.4 Å². The smallest absolute Gasteiger partial charge is 0.144 e. The third-order valence-electron chi connectivity index (χ3n) is 4.36. The van der Waals surface area contributed by atoms with Gasteiger partial charge in [0.15, 0.2) is 0 Å². The molecule has 3 unspecified atom stereocenters. The van der Waals surface area contributed by atoms with Crippen LogP contribution < -0.4 is 5.73 Å². The number of carbonyl (C=O) groups is 1. The average molecular weight is 259 g/mol. The Kier molecular flexibility index (Phi) is 4.76. The summed E-state index contributed by atoms with van der Waals surface area (Å²) in [6, 6.07) is 9.98. The molecule has 0 spiro atoms. The van der Waals surface area contributed by atoms with Gasteiger partial charge in [0.05, 0.1) is 5.92 Å². The van der Waals surface area contributed by atoms with Crippen LogP contribution in [0, 0.1) is 17.8 Å². The quantitative estimate of drug-likeness (QED) is 0.901. The Morgan fingerprint density at radius 3 is 2.26 bits per heavy atom. The van der Waals surface area contributed by atoms with Gasteiger partial charge in [0, 0.05) is 12.5 Å². The van der Waals surface area contributed by atoms with E-state index in [1.807, 2.05) is 30.3 Å². The molecule has 2 heteroatoms. The highest BCUT2D eigenvalue weighted by Gasteiger charge is 2.32. The molecule has 0 saturated heterocycles. The zero-order valence-electron chi connectivity index (χ0n) is 12.0. The van der Waals surface area contributed by atoms with Gasteiger partial charge < -0.3 is 5.73 Å². The maximum Gasteiger partial charge on any atom is 0.144 e. The summed E-state index contributed by atoms with van der Waals surface area (Å²) >= 11 is 0. The SMILES string of the molecule is CC1CC(C)CC(C(=O)C(CN)c2ccccc2)C1. The molecule has 1 aliphatic rings. The first kappa shape index (κ1) is 14.3. The van der Waals surface area contributed by atoms with Crippen LogP contribution in [-0.2, 0) is 4.79 Å². The van der Waals surface area contributed by atoms with Crippen LogP contribution in [0.25, 0.3) is 0 Å². The monoisotopic (exact) mass is 259 g/mol. The number of benzene rings is 1. The Labute approximate surface area is 116 Å². The first-order valence-electron chi connectivity index (χ1n) is 7.40. The lowest BCUT2D eigenvalue weighted by molar-refractivity contribution is -0.126. The first-order valence-corrected chi connectivity index (χ1v) is 7.40. The minimum atomic E-state index is -0.122. The number of rotatable bonds is 4. The first-order chi connectivity index (χ1) is 9.11. The summed E-state index contributed by atoms with van der Waals surface area (Å²) in [5, 5.41) is 0. The largest absolute Gasteiger partial charge is 0.329 e. The van der Waals surface area contributed by atoms with Crippen molar-refractivity contribution in [1.82, 2.24) is 0 Å². The summed E-state index contributed by atoms with van der Waals surface area (Å²) in [6.07, 6.45) is 3.32. The van der Waals surface area contributed by atoms with Gasteiger partial charge in [0.25, 0.3) is 0 Å². The molecule has 0 bridgehead atoms. The van der Waals surface area contributed by atoms with Crippen molar-refractivity contribution in [2.75, 3.05) is 6.54 Å². The van der Waals surface area contributed by atoms with Crippen LogP contribution in [0.3, 0.4) is 0 Å². The van der Waals surface area contributed by atoms with Crippen LogP contribution in [-0.4, -0.2) is 12.3 Å². The molecule has 2 N–H and O–H groups in total. The number of hydrogen-bond donors (Lipinski definition) is 1. The standard InChI is InChI=1S/C17H25NO/c1-12-8-13(2)10-15(9-12)17(19)16(11-18)14-6-4-3-5-7-14/h3-7,12-13,15-16H,8-11,18H2,1-2H3. The van der Waals surface area contributed by atoms with Crippen LogP contribution in [0.1, 0.15) is 44.6 Å². The molecule has 0 heterocycles. The minimum absolute atomic E-state index is 0.122. The molecule has 0 aliphatic heterocycles. The molecular formula is C17H25NO. The molecule has 0 radical (unpaired) electrons. The number of nitrogens with two attached hydrogens (primary N) is 1. The van der Waals surface area contributed by atoms with E-state index < -0.39 is 0 Å². The maximum atomic E-state index is 12.7. The van der Waals surface area contributed by atoms with Crippen molar-refractivity contribution >= 4 is 5.78 Å². The minimum Gasteiger partial charge on any atom is -0.329 e. The van der Waals surface area contributed by atoms with Gasteiger partial charge in [-0.05, 0) is 36.7 Å². The van der Waals surface area contributed by atoms with Crippen LogP contribution in [0.4, 0.5) is 0 Å². The molecule has 3 atom stereocenters. The van der Waals surface area contributed by atoms with Crippen molar-refractivity contribution in [3.8, 4) is 0 Å². The Hall–Kier alpha value is -1.15. The fraction of sp³-hybridized carbons (Fsp3) is 0.588. The molecule has 1 aliphatic carbocycles. The van der Waals surface area contributed by atoms with E-state index >= 15 is 0 Å². The summed E-state index contributed by atoms with van der Waals surface area (Å²) < 4.78 is 0. The van der Waals surface area contributed by atoms with E-state index in [1.165, 1.54) is 6.42 Å². The highest BCUT2D eigenvalue weighted by Crippen LogP contribution is 2.36. The molecule has 104 valence electrons. The lowest BCUT2D eigenvalue weighted by Crippen LogP contribution is -2.32. The predicted molar refractivity (Wildman–Crippen MR) is 78.9 cm³/mol. The van der Waals surface area contributed by atoms with Crippen LogP contribution in [0.5, 0.6) is 0 Å². The Morgan fingerprint density at radius 2 is 1.74 bits per heavy atom. The number of Topliss-reactive ketones (excluding diaryl/α,β-unsaturated/α-hetero) is 1. The predicted octanol–water partition coefficient (Wildman–Crippen LogP) is 3.37. The summed E-state index contributed by atoms with van der Waals surface area (Å²) in [6.45, 7) is 4.94. The van der Waals surface area contributed by atoms with Gasteiger partial charge in [-0.25, -0.2) is 0 Å². The highest BCUT2D eigenvalue weighted by molar-refractivity contribution is 5.88. The number of ketones is 1. The third kappa shape index (κ3) is 3.44. The maximum absolute atomic E-state index is 12.7. The van der Waals surface area contributed by atoms with E-state index in [9.17, 15) is 4.79 Å². The second-order valence-corrected chi connectivity index (χ2v) is 6.22. The molecule has 1 aromatic carbocycles. The van der Waals surface area contributed by atoms with Gasteiger partial charge in [0.2, 0.25) is 0 Å². The average Bonchev–Trinajstić information content (AvgIpc) is 2.39. The zero-order valence-corrected chi connectivity index (χ0v) is 12.0. The summed E-state index contributed by atoms with van der Waals surface area (Å²) in [7, 11) is 0. The van der Waals surface area contributed by atoms with E-state index in [-0.39, 0.29) is 11.8 Å². The number of hydrogen-bond acceptors (Lipinski definition) is 2. The fourth-order valence-electron chi connectivity index (χ4n) is 3.57. The Balaban J connectivity index is 2.13. The van der Waals surface area contributed by atoms with E-state index in [4.69, 9.17) is 5.73 Å². The normalized spacial score (nSPS) is 28.9. The zero-order chi connectivity index (χ0) is 13.8. The fourth-order valence-corrected chi connectivity index (χ4v) is 3.57. The van der Waals surface area contributed by atoms with Crippen molar-refractivity contribution in [3.63, 3.8) is 0 Å². The number of carbonyl (C=O) groups excluding carboxylic acids is 1. The topological polar surface area (TPSA) is 43.1 Å².